The summed E-state index contributed by atoms with van der Waals surface area (Å²) in [6.07, 6.45) is 2.23. The number of rotatable bonds is 4. The molecule has 10 heteroatoms. The number of hydrogen-bond acceptors (Lipinski definition) is 6. The average molecular weight is 424 g/mol. The molecule has 2 saturated heterocycles. The van der Waals surface area contributed by atoms with Gasteiger partial charge in [0.1, 0.15) is 5.82 Å². The highest BCUT2D eigenvalue weighted by atomic mass is 19.4. The smallest absolute Gasteiger partial charge is 0.475 e. The third kappa shape index (κ3) is 6.14. The first-order valence-electron chi connectivity index (χ1n) is 9.49. The van der Waals surface area contributed by atoms with E-state index in [1.54, 1.807) is 18.6 Å². The molecule has 0 aliphatic carbocycles. The number of benzene rings is 1. The number of nitrogens with zero attached hydrogens (tertiary/aromatic N) is 3. The SMILES string of the molecule is O=C(O)C(F)(F)F.c1ccc(CN2CCC3(CC(Nc4cnccn4)CO3)C2)cc1. The third-order valence-corrected chi connectivity index (χ3v) is 5.01. The second-order valence-corrected chi connectivity index (χ2v) is 7.38. The molecule has 3 heterocycles. The summed E-state index contributed by atoms with van der Waals surface area (Å²) in [6, 6.07) is 11.0. The summed E-state index contributed by atoms with van der Waals surface area (Å²) < 4.78 is 37.9. The first-order valence-corrected chi connectivity index (χ1v) is 9.49. The number of carboxylic acids is 1. The zero-order chi connectivity index (χ0) is 21.6. The van der Waals surface area contributed by atoms with Crippen LogP contribution in [0.25, 0.3) is 0 Å². The molecule has 2 aliphatic rings. The minimum Gasteiger partial charge on any atom is -0.475 e. The molecule has 1 spiro atoms. The van der Waals surface area contributed by atoms with Crippen LogP contribution in [0, 0.1) is 0 Å². The molecule has 2 atom stereocenters. The van der Waals surface area contributed by atoms with Gasteiger partial charge in [-0.3, -0.25) is 9.88 Å². The molecular formula is C20H23F3N4O3. The van der Waals surface area contributed by atoms with Gasteiger partial charge < -0.3 is 15.2 Å². The number of anilines is 1. The largest absolute Gasteiger partial charge is 0.490 e. The van der Waals surface area contributed by atoms with E-state index in [4.69, 9.17) is 14.6 Å². The van der Waals surface area contributed by atoms with E-state index in [0.717, 1.165) is 44.9 Å². The van der Waals surface area contributed by atoms with E-state index in [2.05, 4.69) is 50.5 Å². The maximum atomic E-state index is 10.6. The van der Waals surface area contributed by atoms with Crippen molar-refractivity contribution in [1.82, 2.24) is 14.9 Å². The van der Waals surface area contributed by atoms with Crippen molar-refractivity contribution in [2.45, 2.75) is 37.2 Å². The van der Waals surface area contributed by atoms with Crippen molar-refractivity contribution < 1.29 is 27.8 Å². The van der Waals surface area contributed by atoms with E-state index in [1.165, 1.54) is 5.56 Å². The van der Waals surface area contributed by atoms with Crippen molar-refractivity contribution in [2.24, 2.45) is 0 Å². The first kappa shape index (κ1) is 22.0. The van der Waals surface area contributed by atoms with E-state index in [1.807, 2.05) is 0 Å². The fraction of sp³-hybridized carbons (Fsp3) is 0.450. The highest BCUT2D eigenvalue weighted by Crippen LogP contribution is 2.36. The molecule has 0 bridgehead atoms. The Morgan fingerprint density at radius 2 is 2.03 bits per heavy atom. The van der Waals surface area contributed by atoms with Crippen LogP contribution in [0.2, 0.25) is 0 Å². The Hall–Kier alpha value is -2.72. The summed E-state index contributed by atoms with van der Waals surface area (Å²) in [5.74, 6) is -1.93. The lowest BCUT2D eigenvalue weighted by atomic mass is 9.97. The number of aliphatic carboxylic acids is 1. The topological polar surface area (TPSA) is 87.6 Å². The Morgan fingerprint density at radius 3 is 2.67 bits per heavy atom. The molecular weight excluding hydrogens is 401 g/mol. The fourth-order valence-electron chi connectivity index (χ4n) is 3.71. The monoisotopic (exact) mass is 424 g/mol. The number of ether oxygens (including phenoxy) is 1. The second kappa shape index (κ2) is 9.40. The number of hydrogen-bond donors (Lipinski definition) is 2. The van der Waals surface area contributed by atoms with E-state index >= 15 is 0 Å². The van der Waals surface area contributed by atoms with Crippen LogP contribution in [0.1, 0.15) is 18.4 Å². The van der Waals surface area contributed by atoms with Gasteiger partial charge in [0.15, 0.2) is 0 Å². The molecule has 7 nitrogen and oxygen atoms in total. The molecule has 0 saturated carbocycles. The first-order chi connectivity index (χ1) is 14.3. The van der Waals surface area contributed by atoms with Crippen molar-refractivity contribution in [3.63, 3.8) is 0 Å². The van der Waals surface area contributed by atoms with Gasteiger partial charge in [0.05, 0.1) is 24.4 Å². The molecule has 1 aromatic carbocycles. The Bertz CT molecular complexity index is 764. The van der Waals surface area contributed by atoms with E-state index in [0.29, 0.717) is 6.04 Å². The van der Waals surface area contributed by atoms with Crippen molar-refractivity contribution in [3.05, 3.63) is 54.5 Å². The van der Waals surface area contributed by atoms with Crippen LogP contribution in [0.5, 0.6) is 0 Å². The fourth-order valence-corrected chi connectivity index (χ4v) is 3.71. The lowest BCUT2D eigenvalue weighted by molar-refractivity contribution is -0.192. The molecule has 30 heavy (non-hydrogen) atoms. The lowest BCUT2D eigenvalue weighted by Crippen LogP contribution is -2.33. The molecule has 2 fully saturated rings. The second-order valence-electron chi connectivity index (χ2n) is 7.38. The Labute approximate surface area is 171 Å². The van der Waals surface area contributed by atoms with Crippen LogP contribution < -0.4 is 5.32 Å². The molecule has 162 valence electrons. The summed E-state index contributed by atoms with van der Waals surface area (Å²) in [6.45, 7) is 3.87. The quantitative estimate of drug-likeness (QED) is 0.780. The number of carbonyl (C=O) groups is 1. The molecule has 0 radical (unpaired) electrons. The summed E-state index contributed by atoms with van der Waals surface area (Å²) in [5.41, 5.74) is 1.38. The van der Waals surface area contributed by atoms with Gasteiger partial charge in [-0.25, -0.2) is 9.78 Å². The number of carboxylic acid groups (broad SMARTS) is 1. The zero-order valence-corrected chi connectivity index (χ0v) is 16.2. The Kier molecular flexibility index (Phi) is 6.88. The minimum atomic E-state index is -5.08. The van der Waals surface area contributed by atoms with Gasteiger partial charge in [-0.15, -0.1) is 0 Å². The van der Waals surface area contributed by atoms with Crippen molar-refractivity contribution >= 4 is 11.8 Å². The van der Waals surface area contributed by atoms with Crippen molar-refractivity contribution in [2.75, 3.05) is 25.0 Å². The van der Waals surface area contributed by atoms with Gasteiger partial charge in [0.2, 0.25) is 0 Å². The molecule has 2 aromatic rings. The summed E-state index contributed by atoms with van der Waals surface area (Å²) in [7, 11) is 0. The maximum absolute atomic E-state index is 10.6. The highest BCUT2D eigenvalue weighted by Gasteiger charge is 2.45. The normalized spacial score (nSPS) is 23.8. The lowest BCUT2D eigenvalue weighted by Gasteiger charge is -2.23. The van der Waals surface area contributed by atoms with Crippen LogP contribution in [0.15, 0.2) is 48.9 Å². The number of alkyl halides is 3. The molecule has 1 aromatic heterocycles. The van der Waals surface area contributed by atoms with Crippen molar-refractivity contribution in [3.8, 4) is 0 Å². The van der Waals surface area contributed by atoms with Crippen LogP contribution in [-0.2, 0) is 16.1 Å². The van der Waals surface area contributed by atoms with E-state index < -0.39 is 12.1 Å². The number of aromatic nitrogens is 2. The summed E-state index contributed by atoms with van der Waals surface area (Å²) in [4.78, 5) is 19.8. The molecule has 2 unspecified atom stereocenters. The van der Waals surface area contributed by atoms with Crippen LogP contribution in [0.3, 0.4) is 0 Å². The Morgan fingerprint density at radius 1 is 1.30 bits per heavy atom. The number of nitrogens with one attached hydrogen (secondary N) is 1. The van der Waals surface area contributed by atoms with Gasteiger partial charge in [-0.05, 0) is 12.0 Å². The zero-order valence-electron chi connectivity index (χ0n) is 16.2. The molecule has 0 amide bonds. The van der Waals surface area contributed by atoms with Crippen LogP contribution in [0.4, 0.5) is 19.0 Å². The van der Waals surface area contributed by atoms with E-state index in [-0.39, 0.29) is 5.60 Å². The van der Waals surface area contributed by atoms with Gasteiger partial charge in [0, 0.05) is 38.4 Å². The number of likely N-dealkylation sites (tertiary alicyclic amines) is 1. The van der Waals surface area contributed by atoms with Crippen molar-refractivity contribution in [1.29, 1.82) is 0 Å². The van der Waals surface area contributed by atoms with Gasteiger partial charge in [-0.2, -0.15) is 13.2 Å². The van der Waals surface area contributed by atoms with Gasteiger partial charge in [-0.1, -0.05) is 30.3 Å². The summed E-state index contributed by atoms with van der Waals surface area (Å²) >= 11 is 0. The molecule has 2 N–H and O–H groups in total. The van der Waals surface area contributed by atoms with Crippen LogP contribution >= 0.6 is 0 Å². The third-order valence-electron chi connectivity index (χ3n) is 5.01. The summed E-state index contributed by atoms with van der Waals surface area (Å²) in [5, 5.41) is 10.6. The predicted molar refractivity (Wildman–Crippen MR) is 103 cm³/mol. The van der Waals surface area contributed by atoms with Gasteiger partial charge in [0.25, 0.3) is 0 Å². The Balaban J connectivity index is 0.000000318. The number of halogens is 3. The predicted octanol–water partition coefficient (Wildman–Crippen LogP) is 2.96. The highest BCUT2D eigenvalue weighted by molar-refractivity contribution is 5.73. The molecule has 2 aliphatic heterocycles. The van der Waals surface area contributed by atoms with Gasteiger partial charge >= 0.3 is 12.1 Å². The average Bonchev–Trinajstić information content (AvgIpc) is 3.29. The molecule has 4 rings (SSSR count). The minimum absolute atomic E-state index is 0.00859. The van der Waals surface area contributed by atoms with Crippen LogP contribution in [-0.4, -0.2) is 63.5 Å². The van der Waals surface area contributed by atoms with E-state index in [9.17, 15) is 13.2 Å². The maximum Gasteiger partial charge on any atom is 0.490 e. The standard InChI is InChI=1S/C18H22N4O.C2HF3O2/c1-2-4-15(5-3-1)12-22-9-6-18(14-22)10-16(13-23-18)21-17-11-19-7-8-20-17;3-2(4,5)1(6)7/h1-5,7-8,11,16H,6,9-10,12-14H2,(H,20,21);(H,6,7).